The number of rotatable bonds is 3. The molecule has 1 rings (SSSR count). The van der Waals surface area contributed by atoms with E-state index in [0.29, 0.717) is 0 Å². The molecule has 1 saturated heterocycles. The van der Waals surface area contributed by atoms with E-state index in [-0.39, 0.29) is 5.60 Å². The first kappa shape index (κ1) is 8.54. The lowest BCUT2D eigenvalue weighted by Gasteiger charge is -1.92. The summed E-state index contributed by atoms with van der Waals surface area (Å²) in [6.07, 6.45) is 7.48. The van der Waals surface area contributed by atoms with Gasteiger partial charge in [0.25, 0.3) is 0 Å². The Labute approximate surface area is 68.8 Å². The molecular weight excluding hydrogens is 136 g/mol. The highest BCUT2D eigenvalue weighted by atomic mass is 16.6. The van der Waals surface area contributed by atoms with Crippen LogP contribution in [0.1, 0.15) is 27.2 Å². The summed E-state index contributed by atoms with van der Waals surface area (Å²) in [6.45, 7) is 7.27. The molecule has 0 aromatic heterocycles. The van der Waals surface area contributed by atoms with Gasteiger partial charge in [-0.1, -0.05) is 30.7 Å². The van der Waals surface area contributed by atoms with Crippen LogP contribution in [-0.4, -0.2) is 12.2 Å². The molecule has 1 aliphatic rings. The molecule has 1 atom stereocenters. The third-order valence-electron chi connectivity index (χ3n) is 1.99. The average Bonchev–Trinajstić information content (AvgIpc) is 2.68. The molecule has 0 aromatic carbocycles. The van der Waals surface area contributed by atoms with Crippen molar-refractivity contribution in [3.8, 4) is 0 Å². The maximum absolute atomic E-state index is 5.20. The van der Waals surface area contributed by atoms with Crippen molar-refractivity contribution in [1.82, 2.24) is 0 Å². The van der Waals surface area contributed by atoms with Crippen molar-refractivity contribution >= 4 is 0 Å². The van der Waals surface area contributed by atoms with Gasteiger partial charge in [-0.3, -0.25) is 0 Å². The van der Waals surface area contributed by atoms with Gasteiger partial charge in [0.2, 0.25) is 0 Å². The first-order valence-corrected chi connectivity index (χ1v) is 4.15. The second kappa shape index (κ2) is 3.22. The Balaban J connectivity index is 2.36. The van der Waals surface area contributed by atoms with Gasteiger partial charge in [0, 0.05) is 0 Å². The first-order valence-electron chi connectivity index (χ1n) is 4.15. The molecule has 0 aromatic rings. The molecule has 1 nitrogen and oxygen atoms in total. The van der Waals surface area contributed by atoms with E-state index < -0.39 is 0 Å². The standard InChI is InChI=1S/C10H16O/c1-4-9(2)6-5-7-10(3)8-11-10/h5-7H,4,8H2,1-3H3. The van der Waals surface area contributed by atoms with Crippen LogP contribution in [0.5, 0.6) is 0 Å². The van der Waals surface area contributed by atoms with Crippen molar-refractivity contribution in [2.45, 2.75) is 32.8 Å². The van der Waals surface area contributed by atoms with Gasteiger partial charge in [-0.2, -0.15) is 0 Å². The minimum Gasteiger partial charge on any atom is -0.365 e. The van der Waals surface area contributed by atoms with Crippen LogP contribution in [-0.2, 0) is 4.74 Å². The molecule has 62 valence electrons. The molecule has 0 spiro atoms. The van der Waals surface area contributed by atoms with Gasteiger partial charge in [-0.25, -0.2) is 0 Å². The van der Waals surface area contributed by atoms with Gasteiger partial charge < -0.3 is 4.74 Å². The van der Waals surface area contributed by atoms with Crippen molar-refractivity contribution < 1.29 is 4.74 Å². The third-order valence-corrected chi connectivity index (χ3v) is 1.99. The van der Waals surface area contributed by atoms with Gasteiger partial charge in [0.1, 0.15) is 5.60 Å². The van der Waals surface area contributed by atoms with Crippen molar-refractivity contribution in [2.24, 2.45) is 0 Å². The number of ether oxygens (including phenoxy) is 1. The average molecular weight is 152 g/mol. The summed E-state index contributed by atoms with van der Waals surface area (Å²) in [4.78, 5) is 0. The molecular formula is C10H16O. The highest BCUT2D eigenvalue weighted by Gasteiger charge is 2.35. The monoisotopic (exact) mass is 152 g/mol. The maximum Gasteiger partial charge on any atom is 0.107 e. The summed E-state index contributed by atoms with van der Waals surface area (Å²) in [5, 5.41) is 0. The van der Waals surface area contributed by atoms with Crippen molar-refractivity contribution in [1.29, 1.82) is 0 Å². The normalized spacial score (nSPS) is 31.4. The van der Waals surface area contributed by atoms with Gasteiger partial charge in [0.15, 0.2) is 0 Å². The lowest BCUT2D eigenvalue weighted by molar-refractivity contribution is 0.370. The zero-order valence-corrected chi connectivity index (χ0v) is 7.55. The number of allylic oxidation sites excluding steroid dienone is 3. The fourth-order valence-corrected chi connectivity index (χ4v) is 0.744. The van der Waals surface area contributed by atoms with Crippen LogP contribution in [0.2, 0.25) is 0 Å². The Morgan fingerprint density at radius 2 is 2.27 bits per heavy atom. The molecule has 1 heteroatoms. The van der Waals surface area contributed by atoms with E-state index in [9.17, 15) is 0 Å². The second-order valence-corrected chi connectivity index (χ2v) is 3.33. The highest BCUT2D eigenvalue weighted by molar-refractivity contribution is 5.16. The molecule has 0 N–H and O–H groups in total. The van der Waals surface area contributed by atoms with Crippen LogP contribution in [0.25, 0.3) is 0 Å². The summed E-state index contributed by atoms with van der Waals surface area (Å²) >= 11 is 0. The summed E-state index contributed by atoms with van der Waals surface area (Å²) in [5.74, 6) is 0. The molecule has 0 amide bonds. The molecule has 1 aliphatic heterocycles. The lowest BCUT2D eigenvalue weighted by Crippen LogP contribution is -1.95. The Morgan fingerprint density at radius 1 is 1.64 bits per heavy atom. The highest BCUT2D eigenvalue weighted by Crippen LogP contribution is 2.27. The number of hydrogen-bond acceptors (Lipinski definition) is 1. The van der Waals surface area contributed by atoms with Gasteiger partial charge in [0.05, 0.1) is 6.61 Å². The van der Waals surface area contributed by atoms with E-state index in [0.717, 1.165) is 13.0 Å². The molecule has 1 heterocycles. The molecule has 0 aliphatic carbocycles. The third kappa shape index (κ3) is 2.89. The Bertz CT molecular complexity index is 185. The fourth-order valence-electron chi connectivity index (χ4n) is 0.744. The minimum atomic E-state index is 0.0600. The van der Waals surface area contributed by atoms with Gasteiger partial charge >= 0.3 is 0 Å². The Hall–Kier alpha value is -0.560. The molecule has 0 saturated carbocycles. The van der Waals surface area contributed by atoms with Crippen LogP contribution in [0.15, 0.2) is 23.8 Å². The largest absolute Gasteiger partial charge is 0.365 e. The SMILES string of the molecule is CCC(C)=CC=CC1(C)CO1. The van der Waals surface area contributed by atoms with E-state index in [2.05, 4.69) is 39.0 Å². The summed E-state index contributed by atoms with van der Waals surface area (Å²) in [6, 6.07) is 0. The summed E-state index contributed by atoms with van der Waals surface area (Å²) < 4.78 is 5.20. The van der Waals surface area contributed by atoms with Crippen molar-refractivity contribution in [3.63, 3.8) is 0 Å². The maximum atomic E-state index is 5.20. The van der Waals surface area contributed by atoms with Gasteiger partial charge in [-0.05, 0) is 20.3 Å². The van der Waals surface area contributed by atoms with Crippen LogP contribution < -0.4 is 0 Å². The predicted molar refractivity (Wildman–Crippen MR) is 47.5 cm³/mol. The quantitative estimate of drug-likeness (QED) is 0.447. The van der Waals surface area contributed by atoms with Crippen molar-refractivity contribution in [2.75, 3.05) is 6.61 Å². The minimum absolute atomic E-state index is 0.0600. The van der Waals surface area contributed by atoms with Crippen LogP contribution >= 0.6 is 0 Å². The molecule has 0 bridgehead atoms. The number of hydrogen-bond donors (Lipinski definition) is 0. The molecule has 1 fully saturated rings. The van der Waals surface area contributed by atoms with Gasteiger partial charge in [-0.15, -0.1) is 0 Å². The zero-order valence-electron chi connectivity index (χ0n) is 7.55. The Morgan fingerprint density at radius 3 is 2.73 bits per heavy atom. The molecule has 0 radical (unpaired) electrons. The second-order valence-electron chi connectivity index (χ2n) is 3.33. The summed E-state index contributed by atoms with van der Waals surface area (Å²) in [5.41, 5.74) is 1.47. The zero-order chi connectivity index (χ0) is 8.32. The number of epoxide rings is 1. The topological polar surface area (TPSA) is 12.5 Å². The fraction of sp³-hybridized carbons (Fsp3) is 0.600. The van der Waals surface area contributed by atoms with E-state index in [1.165, 1.54) is 5.57 Å². The first-order chi connectivity index (χ1) is 5.16. The van der Waals surface area contributed by atoms with Crippen LogP contribution in [0, 0.1) is 0 Å². The smallest absolute Gasteiger partial charge is 0.107 e. The summed E-state index contributed by atoms with van der Waals surface area (Å²) in [7, 11) is 0. The van der Waals surface area contributed by atoms with E-state index >= 15 is 0 Å². The Kier molecular flexibility index (Phi) is 2.50. The van der Waals surface area contributed by atoms with Crippen LogP contribution in [0.4, 0.5) is 0 Å². The lowest BCUT2D eigenvalue weighted by atomic mass is 10.1. The molecule has 1 unspecified atom stereocenters. The van der Waals surface area contributed by atoms with E-state index in [1.807, 2.05) is 0 Å². The van der Waals surface area contributed by atoms with E-state index in [1.54, 1.807) is 0 Å². The van der Waals surface area contributed by atoms with E-state index in [4.69, 9.17) is 4.74 Å². The molecule has 11 heavy (non-hydrogen) atoms. The predicted octanol–water partition coefficient (Wildman–Crippen LogP) is 2.69. The van der Waals surface area contributed by atoms with Crippen LogP contribution in [0.3, 0.4) is 0 Å². The van der Waals surface area contributed by atoms with Crippen molar-refractivity contribution in [3.05, 3.63) is 23.8 Å².